The van der Waals surface area contributed by atoms with E-state index < -0.39 is 11.6 Å². The number of hydrogen-bond acceptors (Lipinski definition) is 2. The van der Waals surface area contributed by atoms with E-state index in [9.17, 15) is 8.78 Å². The molecule has 0 saturated heterocycles. The molecule has 0 spiro atoms. The number of halogens is 2. The minimum atomic E-state index is -0.552. The highest BCUT2D eigenvalue weighted by molar-refractivity contribution is 5.63. The second kappa shape index (κ2) is 11.6. The van der Waals surface area contributed by atoms with E-state index in [4.69, 9.17) is 4.74 Å². The predicted molar refractivity (Wildman–Crippen MR) is 103 cm³/mol. The van der Waals surface area contributed by atoms with Crippen LogP contribution < -0.4 is 9.47 Å². The van der Waals surface area contributed by atoms with Crippen LogP contribution in [0.3, 0.4) is 0 Å². The predicted octanol–water partition coefficient (Wildman–Crippen LogP) is 6.36. The molecule has 138 valence electrons. The van der Waals surface area contributed by atoms with Gasteiger partial charge in [0.1, 0.15) is 11.6 Å². The smallest absolute Gasteiger partial charge is 0.165 e. The Hall–Kier alpha value is -2.88. The molecular weight excluding hydrogens is 334 g/mol. The van der Waals surface area contributed by atoms with Gasteiger partial charge in [0.25, 0.3) is 0 Å². The van der Waals surface area contributed by atoms with Gasteiger partial charge in [-0.15, -0.1) is 0 Å². The molecule has 0 amide bonds. The molecule has 0 aliphatic heterocycles. The van der Waals surface area contributed by atoms with E-state index in [1.807, 2.05) is 44.2 Å². The lowest BCUT2D eigenvalue weighted by atomic mass is 10.1. The fourth-order valence-corrected chi connectivity index (χ4v) is 2.05. The molecule has 0 saturated carbocycles. The number of benzene rings is 3. The molecule has 0 radical (unpaired) electrons. The van der Waals surface area contributed by atoms with Crippen molar-refractivity contribution in [2.75, 3.05) is 14.2 Å². The zero-order valence-electron chi connectivity index (χ0n) is 15.5. The molecule has 0 aromatic heterocycles. The average Bonchev–Trinajstić information content (AvgIpc) is 2.72. The van der Waals surface area contributed by atoms with Crippen LogP contribution in [0.2, 0.25) is 0 Å². The first-order chi connectivity index (χ1) is 12.6. The normalized spacial score (nSPS) is 9.15. The van der Waals surface area contributed by atoms with Gasteiger partial charge in [-0.1, -0.05) is 56.3 Å². The quantitative estimate of drug-likeness (QED) is 0.542. The summed E-state index contributed by atoms with van der Waals surface area (Å²) in [5, 5.41) is 0. The van der Waals surface area contributed by atoms with Crippen LogP contribution in [0, 0.1) is 11.6 Å². The number of rotatable bonds is 3. The number of ether oxygens (including phenoxy) is 2. The Labute approximate surface area is 154 Å². The largest absolute Gasteiger partial charge is 0.497 e. The first-order valence-electron chi connectivity index (χ1n) is 8.32. The maximum atomic E-state index is 12.5. The summed E-state index contributed by atoms with van der Waals surface area (Å²) in [4.78, 5) is 0. The van der Waals surface area contributed by atoms with Crippen LogP contribution in [0.5, 0.6) is 11.5 Å². The highest BCUT2D eigenvalue weighted by Gasteiger charge is 2.01. The van der Waals surface area contributed by atoms with Crippen LogP contribution in [0.1, 0.15) is 13.8 Å². The standard InChI is InChI=1S/C13H12O.C7H6F2O.C2H6/c1-14-13-9-7-12(8-10-13)11-5-3-2-4-6-11;1-10-7-4-5(8)2-3-6(7)9;1-2/h2-10H,1H3;2-4H,1H3;1-2H3. The van der Waals surface area contributed by atoms with Gasteiger partial charge in [-0.25, -0.2) is 8.78 Å². The van der Waals surface area contributed by atoms with Crippen molar-refractivity contribution in [1.29, 1.82) is 0 Å². The van der Waals surface area contributed by atoms with Crippen molar-refractivity contribution < 1.29 is 18.3 Å². The molecule has 3 rings (SSSR count). The fraction of sp³-hybridized carbons (Fsp3) is 0.182. The molecule has 26 heavy (non-hydrogen) atoms. The Bertz CT molecular complexity index is 757. The van der Waals surface area contributed by atoms with E-state index in [0.29, 0.717) is 0 Å². The van der Waals surface area contributed by atoms with E-state index in [1.54, 1.807) is 7.11 Å². The Kier molecular flexibility index (Phi) is 9.47. The SMILES string of the molecule is CC.COc1cc(F)ccc1F.COc1ccc(-c2ccccc2)cc1. The van der Waals surface area contributed by atoms with E-state index in [1.165, 1.54) is 18.2 Å². The van der Waals surface area contributed by atoms with Crippen molar-refractivity contribution in [2.45, 2.75) is 13.8 Å². The van der Waals surface area contributed by atoms with Crippen LogP contribution in [0.25, 0.3) is 11.1 Å². The lowest BCUT2D eigenvalue weighted by Gasteiger charge is -2.02. The lowest BCUT2D eigenvalue weighted by Crippen LogP contribution is -1.87. The minimum absolute atomic E-state index is 0.0694. The third-order valence-corrected chi connectivity index (χ3v) is 3.31. The van der Waals surface area contributed by atoms with Gasteiger partial charge in [0.05, 0.1) is 14.2 Å². The summed E-state index contributed by atoms with van der Waals surface area (Å²) in [6.45, 7) is 4.00. The molecule has 2 nitrogen and oxygen atoms in total. The monoisotopic (exact) mass is 358 g/mol. The zero-order chi connectivity index (χ0) is 19.4. The Balaban J connectivity index is 0.000000249. The Morgan fingerprint density at radius 1 is 0.654 bits per heavy atom. The number of hydrogen-bond donors (Lipinski definition) is 0. The van der Waals surface area contributed by atoms with Gasteiger partial charge < -0.3 is 9.47 Å². The molecule has 0 heterocycles. The summed E-state index contributed by atoms with van der Waals surface area (Å²) in [6, 6.07) is 21.4. The highest BCUT2D eigenvalue weighted by atomic mass is 19.1. The van der Waals surface area contributed by atoms with Crippen molar-refractivity contribution in [3.63, 3.8) is 0 Å². The summed E-state index contributed by atoms with van der Waals surface area (Å²) in [5.74, 6) is -0.230. The molecule has 0 bridgehead atoms. The molecule has 3 aromatic carbocycles. The van der Waals surface area contributed by atoms with Gasteiger partial charge in [0, 0.05) is 6.07 Å². The van der Waals surface area contributed by atoms with Crippen molar-refractivity contribution in [1.82, 2.24) is 0 Å². The highest BCUT2D eigenvalue weighted by Crippen LogP contribution is 2.21. The lowest BCUT2D eigenvalue weighted by molar-refractivity contribution is 0.383. The van der Waals surface area contributed by atoms with Gasteiger partial charge in [-0.05, 0) is 35.4 Å². The van der Waals surface area contributed by atoms with Gasteiger partial charge in [-0.3, -0.25) is 0 Å². The van der Waals surface area contributed by atoms with Crippen molar-refractivity contribution in [2.24, 2.45) is 0 Å². The Morgan fingerprint density at radius 3 is 1.73 bits per heavy atom. The summed E-state index contributed by atoms with van der Waals surface area (Å²) in [6.07, 6.45) is 0. The average molecular weight is 358 g/mol. The number of methoxy groups -OCH3 is 2. The summed E-state index contributed by atoms with van der Waals surface area (Å²) >= 11 is 0. The molecule has 0 aliphatic carbocycles. The maximum Gasteiger partial charge on any atom is 0.165 e. The molecule has 0 atom stereocenters. The van der Waals surface area contributed by atoms with Crippen LogP contribution >= 0.6 is 0 Å². The van der Waals surface area contributed by atoms with E-state index >= 15 is 0 Å². The second-order valence-electron chi connectivity index (χ2n) is 4.87. The van der Waals surface area contributed by atoms with Crippen LogP contribution in [0.15, 0.2) is 72.8 Å². The van der Waals surface area contributed by atoms with Crippen LogP contribution in [0.4, 0.5) is 8.78 Å². The first kappa shape index (κ1) is 21.2. The molecule has 0 aliphatic rings. The van der Waals surface area contributed by atoms with Crippen molar-refractivity contribution in [3.05, 3.63) is 84.4 Å². The molecule has 4 heteroatoms. The van der Waals surface area contributed by atoms with Crippen LogP contribution in [-0.2, 0) is 0 Å². The van der Waals surface area contributed by atoms with Gasteiger partial charge in [-0.2, -0.15) is 0 Å². The maximum absolute atomic E-state index is 12.5. The Morgan fingerprint density at radius 2 is 1.23 bits per heavy atom. The molecular formula is C22H24F2O2. The van der Waals surface area contributed by atoms with Gasteiger partial charge >= 0.3 is 0 Å². The molecule has 0 N–H and O–H groups in total. The first-order valence-corrected chi connectivity index (χ1v) is 8.32. The van der Waals surface area contributed by atoms with E-state index in [2.05, 4.69) is 29.0 Å². The van der Waals surface area contributed by atoms with Crippen LogP contribution in [-0.4, -0.2) is 14.2 Å². The van der Waals surface area contributed by atoms with Crippen molar-refractivity contribution in [3.8, 4) is 22.6 Å². The van der Waals surface area contributed by atoms with Gasteiger partial charge in [0.15, 0.2) is 11.6 Å². The molecule has 0 fully saturated rings. The van der Waals surface area contributed by atoms with E-state index in [-0.39, 0.29) is 5.75 Å². The third-order valence-electron chi connectivity index (χ3n) is 3.31. The van der Waals surface area contributed by atoms with Gasteiger partial charge in [0.2, 0.25) is 0 Å². The fourth-order valence-electron chi connectivity index (χ4n) is 2.05. The summed E-state index contributed by atoms with van der Waals surface area (Å²) in [7, 11) is 2.97. The topological polar surface area (TPSA) is 18.5 Å². The van der Waals surface area contributed by atoms with Crippen molar-refractivity contribution >= 4 is 0 Å². The minimum Gasteiger partial charge on any atom is -0.497 e. The molecule has 0 unspecified atom stereocenters. The summed E-state index contributed by atoms with van der Waals surface area (Å²) in [5.41, 5.74) is 2.45. The molecule has 3 aromatic rings. The van der Waals surface area contributed by atoms with E-state index in [0.717, 1.165) is 23.9 Å². The second-order valence-corrected chi connectivity index (χ2v) is 4.87. The summed E-state index contributed by atoms with van der Waals surface area (Å²) < 4.78 is 34.4. The third kappa shape index (κ3) is 6.55. The zero-order valence-corrected chi connectivity index (χ0v) is 15.5.